The molecule has 0 aliphatic carbocycles. The van der Waals surface area contributed by atoms with Gasteiger partial charge in [-0.3, -0.25) is 0 Å². The van der Waals surface area contributed by atoms with Crippen molar-refractivity contribution in [3.05, 3.63) is 71.4 Å². The maximum Gasteiger partial charge on any atom is 0.178 e. The van der Waals surface area contributed by atoms with E-state index in [0.29, 0.717) is 48.3 Å². The van der Waals surface area contributed by atoms with Crippen molar-refractivity contribution in [2.24, 2.45) is 0 Å². The molecule has 4 heterocycles. The summed E-state index contributed by atoms with van der Waals surface area (Å²) in [4.78, 5) is 13.1. The number of fused-ring (bicyclic) bond motifs is 2. The van der Waals surface area contributed by atoms with Gasteiger partial charge in [0, 0.05) is 17.0 Å². The molecule has 38 heavy (non-hydrogen) atoms. The van der Waals surface area contributed by atoms with E-state index in [4.69, 9.17) is 9.15 Å². The van der Waals surface area contributed by atoms with Crippen LogP contribution in [0.25, 0.3) is 22.2 Å². The van der Waals surface area contributed by atoms with Gasteiger partial charge in [0.15, 0.2) is 17.4 Å². The summed E-state index contributed by atoms with van der Waals surface area (Å²) in [6, 6.07) is 11.6. The van der Waals surface area contributed by atoms with Crippen molar-refractivity contribution in [1.82, 2.24) is 14.9 Å². The second-order valence-corrected chi connectivity index (χ2v) is 10.7. The Morgan fingerprint density at radius 3 is 2.63 bits per heavy atom. The first-order valence-electron chi connectivity index (χ1n) is 13.3. The van der Waals surface area contributed by atoms with Crippen LogP contribution < -0.4 is 9.64 Å². The SMILES string of the molecule is CC(C)N1CCOc2c(F)cc(-c3nc(Cc4cc5ccc(C6CCN(C)CC6)cc5o4)ncc3F)cc21. The van der Waals surface area contributed by atoms with Gasteiger partial charge in [-0.1, -0.05) is 12.1 Å². The van der Waals surface area contributed by atoms with Gasteiger partial charge in [-0.25, -0.2) is 18.7 Å². The molecule has 6 nitrogen and oxygen atoms in total. The molecule has 0 bridgehead atoms. The fourth-order valence-corrected chi connectivity index (χ4v) is 5.61. The molecule has 2 aromatic carbocycles. The minimum absolute atomic E-state index is 0.0617. The molecule has 0 unspecified atom stereocenters. The number of ether oxygens (including phenoxy) is 1. The molecule has 1 saturated heterocycles. The monoisotopic (exact) mass is 518 g/mol. The molecule has 0 saturated carbocycles. The van der Waals surface area contributed by atoms with Gasteiger partial charge in [-0.15, -0.1) is 0 Å². The largest absolute Gasteiger partial charge is 0.486 e. The lowest BCUT2D eigenvalue weighted by Gasteiger charge is -2.34. The average molecular weight is 519 g/mol. The van der Waals surface area contributed by atoms with Crippen LogP contribution >= 0.6 is 0 Å². The fourth-order valence-electron chi connectivity index (χ4n) is 5.61. The van der Waals surface area contributed by atoms with Gasteiger partial charge in [0.1, 0.15) is 29.5 Å². The molecule has 0 atom stereocenters. The number of hydrogen-bond acceptors (Lipinski definition) is 6. The van der Waals surface area contributed by atoms with Gasteiger partial charge in [0.25, 0.3) is 0 Å². The Balaban J connectivity index is 1.28. The second kappa shape index (κ2) is 9.98. The third-order valence-electron chi connectivity index (χ3n) is 7.72. The lowest BCUT2D eigenvalue weighted by atomic mass is 9.89. The number of likely N-dealkylation sites (tertiary alicyclic amines) is 1. The Morgan fingerprint density at radius 2 is 1.84 bits per heavy atom. The Kier molecular flexibility index (Phi) is 6.51. The summed E-state index contributed by atoms with van der Waals surface area (Å²) in [6.45, 7) is 7.32. The summed E-state index contributed by atoms with van der Waals surface area (Å²) in [5.41, 5.74) is 3.17. The molecule has 8 heteroatoms. The van der Waals surface area contributed by atoms with Crippen LogP contribution in [0.5, 0.6) is 5.75 Å². The number of anilines is 1. The summed E-state index contributed by atoms with van der Waals surface area (Å²) in [5, 5.41) is 1.02. The number of rotatable bonds is 5. The van der Waals surface area contributed by atoms with Gasteiger partial charge in [0.05, 0.1) is 24.8 Å². The molecule has 0 spiro atoms. The van der Waals surface area contributed by atoms with Crippen molar-refractivity contribution in [2.45, 2.75) is 45.1 Å². The van der Waals surface area contributed by atoms with Gasteiger partial charge in [-0.2, -0.15) is 0 Å². The van der Waals surface area contributed by atoms with E-state index in [1.807, 2.05) is 19.9 Å². The van der Waals surface area contributed by atoms with Crippen molar-refractivity contribution in [3.63, 3.8) is 0 Å². The minimum Gasteiger partial charge on any atom is -0.486 e. The molecule has 0 N–H and O–H groups in total. The van der Waals surface area contributed by atoms with E-state index < -0.39 is 11.6 Å². The van der Waals surface area contributed by atoms with E-state index >= 15 is 4.39 Å². The van der Waals surface area contributed by atoms with Crippen molar-refractivity contribution in [1.29, 1.82) is 0 Å². The highest BCUT2D eigenvalue weighted by atomic mass is 19.1. The zero-order valence-corrected chi connectivity index (χ0v) is 22.0. The predicted octanol–water partition coefficient (Wildman–Crippen LogP) is 6.18. The van der Waals surface area contributed by atoms with E-state index in [0.717, 1.165) is 43.1 Å². The van der Waals surface area contributed by atoms with Crippen LogP contribution in [0.3, 0.4) is 0 Å². The number of hydrogen-bond donors (Lipinski definition) is 0. The smallest absolute Gasteiger partial charge is 0.178 e. The van der Waals surface area contributed by atoms with Crippen molar-refractivity contribution >= 4 is 16.7 Å². The molecule has 2 aliphatic rings. The summed E-state index contributed by atoms with van der Waals surface area (Å²) < 4.78 is 41.7. The summed E-state index contributed by atoms with van der Waals surface area (Å²) >= 11 is 0. The first-order valence-corrected chi connectivity index (χ1v) is 13.3. The topological polar surface area (TPSA) is 54.6 Å². The molecule has 198 valence electrons. The normalized spacial score (nSPS) is 16.7. The van der Waals surface area contributed by atoms with Crippen molar-refractivity contribution in [2.75, 3.05) is 38.2 Å². The number of nitrogens with zero attached hydrogens (tertiary/aromatic N) is 4. The molecule has 0 radical (unpaired) electrons. The van der Waals surface area contributed by atoms with E-state index in [1.54, 1.807) is 6.07 Å². The number of aromatic nitrogens is 2. The van der Waals surface area contributed by atoms with Gasteiger partial charge in [-0.05, 0) is 82.6 Å². The average Bonchev–Trinajstić information content (AvgIpc) is 3.31. The summed E-state index contributed by atoms with van der Waals surface area (Å²) in [5.74, 6) is 0.722. The molecule has 6 rings (SSSR count). The first kappa shape index (κ1) is 24.8. The Hall–Kier alpha value is -3.52. The molecule has 1 fully saturated rings. The minimum atomic E-state index is -0.603. The summed E-state index contributed by atoms with van der Waals surface area (Å²) in [7, 11) is 2.16. The Bertz CT molecular complexity index is 1480. The lowest BCUT2D eigenvalue weighted by Crippen LogP contribution is -2.38. The third kappa shape index (κ3) is 4.73. The van der Waals surface area contributed by atoms with Crippen LogP contribution in [0.15, 0.2) is 47.0 Å². The van der Waals surface area contributed by atoms with E-state index in [1.165, 1.54) is 11.6 Å². The highest BCUT2D eigenvalue weighted by Crippen LogP contribution is 2.39. The van der Waals surface area contributed by atoms with Crippen LogP contribution in [-0.2, 0) is 6.42 Å². The van der Waals surface area contributed by atoms with Crippen LogP contribution in [-0.4, -0.2) is 54.2 Å². The predicted molar refractivity (Wildman–Crippen MR) is 144 cm³/mol. The van der Waals surface area contributed by atoms with Gasteiger partial charge >= 0.3 is 0 Å². The lowest BCUT2D eigenvalue weighted by molar-refractivity contribution is 0.255. The fraction of sp³-hybridized carbons (Fsp3) is 0.400. The zero-order valence-electron chi connectivity index (χ0n) is 22.0. The molecule has 4 aromatic rings. The highest BCUT2D eigenvalue weighted by molar-refractivity contribution is 5.79. The van der Waals surface area contributed by atoms with E-state index in [-0.39, 0.29) is 17.5 Å². The summed E-state index contributed by atoms with van der Waals surface area (Å²) in [6.07, 6.45) is 3.74. The van der Waals surface area contributed by atoms with Crippen LogP contribution in [0.1, 0.15) is 49.8 Å². The number of halogens is 2. The van der Waals surface area contributed by atoms with Crippen LogP contribution in [0, 0.1) is 11.6 Å². The zero-order chi connectivity index (χ0) is 26.4. The van der Waals surface area contributed by atoms with Crippen LogP contribution in [0.2, 0.25) is 0 Å². The second-order valence-electron chi connectivity index (χ2n) is 10.7. The molecule has 2 aromatic heterocycles. The molecule has 2 aliphatic heterocycles. The van der Waals surface area contributed by atoms with Gasteiger partial charge < -0.3 is 19.0 Å². The van der Waals surface area contributed by atoms with E-state index in [9.17, 15) is 4.39 Å². The molecular weight excluding hydrogens is 486 g/mol. The number of furan rings is 1. The standard InChI is InChI=1S/C30H32F2N4O2/c1-18(2)36-10-11-37-30-24(31)13-22(14-26(30)36)29-25(32)17-33-28(34-29)16-23-12-21-5-4-20(15-27(21)38-23)19-6-8-35(3)9-7-19/h4-5,12-15,17-19H,6-11,16H2,1-3H3. The molecule has 0 amide bonds. The Labute approximate surface area is 221 Å². The third-order valence-corrected chi connectivity index (χ3v) is 7.72. The molecular formula is C30H32F2N4O2. The van der Waals surface area contributed by atoms with E-state index in [2.05, 4.69) is 45.0 Å². The highest BCUT2D eigenvalue weighted by Gasteiger charge is 2.26. The number of piperidine rings is 1. The maximum atomic E-state index is 15.0. The number of benzene rings is 2. The quantitative estimate of drug-likeness (QED) is 0.315. The first-order chi connectivity index (χ1) is 18.4. The van der Waals surface area contributed by atoms with Crippen molar-refractivity contribution < 1.29 is 17.9 Å². The maximum absolute atomic E-state index is 15.0. The van der Waals surface area contributed by atoms with Crippen LogP contribution in [0.4, 0.5) is 14.5 Å². The van der Waals surface area contributed by atoms with Gasteiger partial charge in [0.2, 0.25) is 0 Å². The Morgan fingerprint density at radius 1 is 1.03 bits per heavy atom. The van der Waals surface area contributed by atoms with Crippen molar-refractivity contribution in [3.8, 4) is 17.0 Å².